The number of hydrogen-bond donors (Lipinski definition) is 3. The van der Waals surface area contributed by atoms with Gasteiger partial charge in [-0.3, -0.25) is 4.79 Å². The highest BCUT2D eigenvalue weighted by Gasteiger charge is 2.38. The first kappa shape index (κ1) is 28.4. The topological polar surface area (TPSA) is 128 Å². The molecule has 2 rings (SSSR count). The number of esters is 1. The maximum atomic E-state index is 11.9. The second-order valence-electron chi connectivity index (χ2n) is 6.99. The largest absolute Gasteiger partial charge is 0.490 e. The smallest absolute Gasteiger partial charge is 0.475 e. The minimum atomic E-state index is -5.08. The Morgan fingerprint density at radius 1 is 0.882 bits per heavy atom. The van der Waals surface area contributed by atoms with E-state index >= 15 is 0 Å². The second-order valence-corrected chi connectivity index (χ2v) is 6.99. The first-order chi connectivity index (χ1) is 16.1. The number of unbranched alkanes of at least 4 members (excludes halogenated alkanes) is 1. The predicted octanol–water partition coefficient (Wildman–Crippen LogP) is 3.79. The molecule has 0 radical (unpaired) electrons. The van der Waals surface area contributed by atoms with Gasteiger partial charge in [0.15, 0.2) is 0 Å². The predicted molar refractivity (Wildman–Crippen MR) is 116 cm³/mol. The molecule has 34 heavy (non-hydrogen) atoms. The van der Waals surface area contributed by atoms with Crippen LogP contribution >= 0.6 is 0 Å². The highest BCUT2D eigenvalue weighted by molar-refractivity contribution is 5.75. The molecule has 0 aromatic heterocycles. The molecule has 8 nitrogen and oxygen atoms in total. The average Bonchev–Trinajstić information content (AvgIpc) is 2.82. The van der Waals surface area contributed by atoms with Crippen molar-refractivity contribution in [3.05, 3.63) is 71.8 Å². The monoisotopic (exact) mass is 484 g/mol. The summed E-state index contributed by atoms with van der Waals surface area (Å²) in [5.74, 6) is -3.17. The van der Waals surface area contributed by atoms with Gasteiger partial charge < -0.3 is 25.6 Å². The fourth-order valence-electron chi connectivity index (χ4n) is 2.41. The fraction of sp³-hybridized carbons (Fsp3) is 0.348. The Morgan fingerprint density at radius 2 is 1.35 bits per heavy atom. The van der Waals surface area contributed by atoms with Crippen molar-refractivity contribution >= 4 is 18.0 Å². The van der Waals surface area contributed by atoms with Crippen LogP contribution in [0, 0.1) is 0 Å². The average molecular weight is 484 g/mol. The van der Waals surface area contributed by atoms with Crippen LogP contribution in [-0.4, -0.2) is 41.9 Å². The maximum Gasteiger partial charge on any atom is 0.490 e. The summed E-state index contributed by atoms with van der Waals surface area (Å²) in [7, 11) is 0. The summed E-state index contributed by atoms with van der Waals surface area (Å²) in [6, 6.07) is 18.3. The lowest BCUT2D eigenvalue weighted by Crippen LogP contribution is -2.32. The van der Waals surface area contributed by atoms with Crippen LogP contribution in [0.4, 0.5) is 18.0 Å². The van der Waals surface area contributed by atoms with Crippen LogP contribution in [0.5, 0.6) is 0 Å². The van der Waals surface area contributed by atoms with Gasteiger partial charge in [0.25, 0.3) is 0 Å². The molecule has 0 spiro atoms. The zero-order valence-corrected chi connectivity index (χ0v) is 18.3. The normalized spacial score (nSPS) is 11.4. The van der Waals surface area contributed by atoms with Crippen LogP contribution in [0.3, 0.4) is 0 Å². The van der Waals surface area contributed by atoms with E-state index in [1.807, 2.05) is 60.7 Å². The Hall–Kier alpha value is -3.60. The molecular formula is C23H27F3N2O6. The summed E-state index contributed by atoms with van der Waals surface area (Å²) in [5.41, 5.74) is 7.71. The van der Waals surface area contributed by atoms with Crippen LogP contribution in [0.2, 0.25) is 0 Å². The molecule has 0 bridgehead atoms. The number of halogens is 3. The number of aliphatic carboxylic acids is 1. The van der Waals surface area contributed by atoms with Crippen LogP contribution in [-0.2, 0) is 32.3 Å². The first-order valence-electron chi connectivity index (χ1n) is 10.3. The molecule has 0 aliphatic heterocycles. The van der Waals surface area contributed by atoms with Gasteiger partial charge in [0.2, 0.25) is 0 Å². The molecule has 1 amide bonds. The lowest BCUT2D eigenvalue weighted by molar-refractivity contribution is -0.192. The molecule has 0 saturated heterocycles. The fourth-order valence-corrected chi connectivity index (χ4v) is 2.41. The van der Waals surface area contributed by atoms with Gasteiger partial charge in [-0.2, -0.15) is 13.2 Å². The van der Waals surface area contributed by atoms with E-state index in [0.717, 1.165) is 11.1 Å². The quantitative estimate of drug-likeness (QED) is 0.346. The Bertz CT molecular complexity index is 879. The summed E-state index contributed by atoms with van der Waals surface area (Å²) in [4.78, 5) is 32.4. The van der Waals surface area contributed by atoms with E-state index < -0.39 is 30.2 Å². The van der Waals surface area contributed by atoms with Gasteiger partial charge in [0.1, 0.15) is 19.3 Å². The molecule has 4 N–H and O–H groups in total. The number of alkyl carbamates (subject to hydrolysis) is 1. The third kappa shape index (κ3) is 13.1. The van der Waals surface area contributed by atoms with Crippen LogP contribution < -0.4 is 11.1 Å². The number of ether oxygens (including phenoxy) is 2. The van der Waals surface area contributed by atoms with E-state index in [9.17, 15) is 22.8 Å². The van der Waals surface area contributed by atoms with Crippen LogP contribution in [0.25, 0.3) is 0 Å². The minimum Gasteiger partial charge on any atom is -0.475 e. The van der Waals surface area contributed by atoms with Gasteiger partial charge in [-0.1, -0.05) is 60.7 Å². The summed E-state index contributed by atoms with van der Waals surface area (Å²) < 4.78 is 42.1. The Morgan fingerprint density at radius 3 is 1.82 bits per heavy atom. The number of hydrogen-bond acceptors (Lipinski definition) is 6. The van der Waals surface area contributed by atoms with Gasteiger partial charge in [-0.05, 0) is 30.4 Å². The number of nitrogens with one attached hydrogen (secondary N) is 1. The van der Waals surface area contributed by atoms with E-state index in [0.29, 0.717) is 25.8 Å². The van der Waals surface area contributed by atoms with Gasteiger partial charge in [-0.15, -0.1) is 0 Å². The molecule has 0 unspecified atom stereocenters. The van der Waals surface area contributed by atoms with Crippen molar-refractivity contribution in [1.29, 1.82) is 0 Å². The maximum absolute atomic E-state index is 11.9. The number of benzene rings is 2. The number of alkyl halides is 3. The standard InChI is InChI=1S/C21H26N2O4.C2HF3O2/c22-19(20(24)26-15-17-9-3-1-4-10-17)13-7-8-14-23-21(25)27-16-18-11-5-2-6-12-18;3-2(4,5)1(6)7/h1-6,9-12,19H,7-8,13-16,22H2,(H,23,25);(H,6,7)/t19-;/m0./s1. The summed E-state index contributed by atoms with van der Waals surface area (Å²) in [6.07, 6.45) is -3.61. The second kappa shape index (κ2) is 15.3. The van der Waals surface area contributed by atoms with Gasteiger partial charge in [0, 0.05) is 6.54 Å². The zero-order valence-electron chi connectivity index (χ0n) is 18.3. The molecule has 0 saturated carbocycles. The van der Waals surface area contributed by atoms with Crippen molar-refractivity contribution in [1.82, 2.24) is 5.32 Å². The Balaban J connectivity index is 0.000000718. The molecule has 0 aliphatic carbocycles. The molecule has 11 heteroatoms. The molecule has 186 valence electrons. The third-order valence-corrected chi connectivity index (χ3v) is 4.19. The van der Waals surface area contributed by atoms with Crippen molar-refractivity contribution in [3.63, 3.8) is 0 Å². The molecule has 0 fully saturated rings. The number of rotatable bonds is 10. The molecule has 0 heterocycles. The Kier molecular flexibility index (Phi) is 12.8. The van der Waals surface area contributed by atoms with E-state index in [4.69, 9.17) is 25.1 Å². The molecule has 2 aromatic rings. The van der Waals surface area contributed by atoms with E-state index in [2.05, 4.69) is 5.32 Å². The number of amides is 1. The first-order valence-corrected chi connectivity index (χ1v) is 10.3. The van der Waals surface area contributed by atoms with Gasteiger partial charge >= 0.3 is 24.2 Å². The zero-order chi connectivity index (χ0) is 25.4. The lowest BCUT2D eigenvalue weighted by atomic mass is 10.1. The van der Waals surface area contributed by atoms with Crippen LogP contribution in [0.15, 0.2) is 60.7 Å². The molecule has 1 atom stereocenters. The van der Waals surface area contributed by atoms with Crippen molar-refractivity contribution in [2.24, 2.45) is 5.73 Å². The number of carboxylic acids is 1. The van der Waals surface area contributed by atoms with E-state index in [-0.39, 0.29) is 13.2 Å². The summed E-state index contributed by atoms with van der Waals surface area (Å²) in [6.45, 7) is 0.937. The van der Waals surface area contributed by atoms with Crippen molar-refractivity contribution < 1.29 is 42.1 Å². The molecule has 0 aliphatic rings. The van der Waals surface area contributed by atoms with Crippen molar-refractivity contribution in [3.8, 4) is 0 Å². The third-order valence-electron chi connectivity index (χ3n) is 4.19. The van der Waals surface area contributed by atoms with Gasteiger partial charge in [0.05, 0.1) is 0 Å². The van der Waals surface area contributed by atoms with Crippen LogP contribution in [0.1, 0.15) is 30.4 Å². The van der Waals surface area contributed by atoms with E-state index in [1.165, 1.54) is 0 Å². The summed E-state index contributed by atoms with van der Waals surface area (Å²) >= 11 is 0. The molecular weight excluding hydrogens is 457 g/mol. The lowest BCUT2D eigenvalue weighted by Gasteiger charge is -2.12. The van der Waals surface area contributed by atoms with Crippen molar-refractivity contribution in [2.75, 3.05) is 6.54 Å². The van der Waals surface area contributed by atoms with Gasteiger partial charge in [-0.25, -0.2) is 9.59 Å². The highest BCUT2D eigenvalue weighted by Crippen LogP contribution is 2.13. The minimum absolute atomic E-state index is 0.224. The SMILES string of the molecule is N[C@@H](CCCCNC(=O)OCc1ccccc1)C(=O)OCc1ccccc1.O=C(O)C(F)(F)F. The highest BCUT2D eigenvalue weighted by atomic mass is 19.4. The number of carboxylic acid groups (broad SMARTS) is 1. The Labute approximate surface area is 194 Å². The number of nitrogens with two attached hydrogens (primary N) is 1. The number of carbonyl (C=O) groups excluding carboxylic acids is 2. The molecule has 2 aromatic carbocycles. The number of carbonyl (C=O) groups is 3. The van der Waals surface area contributed by atoms with E-state index in [1.54, 1.807) is 0 Å². The van der Waals surface area contributed by atoms with Crippen molar-refractivity contribution in [2.45, 2.75) is 44.7 Å². The summed E-state index contributed by atoms with van der Waals surface area (Å²) in [5, 5.41) is 9.81.